The third-order valence-corrected chi connectivity index (χ3v) is 4.27. The highest BCUT2D eigenvalue weighted by atomic mass is 35.5. The molecule has 126 valence electrons. The van der Waals surface area contributed by atoms with Crippen molar-refractivity contribution in [2.75, 3.05) is 39.9 Å². The zero-order valence-corrected chi connectivity index (χ0v) is 14.7. The SMILES string of the molecule is COc1ccc(C(C)C)cc1[C@@H](CCO)N1CCNCC1.Cl. The zero-order valence-electron chi connectivity index (χ0n) is 13.8. The van der Waals surface area contributed by atoms with Crippen LogP contribution in [0, 0.1) is 0 Å². The molecule has 1 aromatic rings. The number of hydrogen-bond donors (Lipinski definition) is 2. The van der Waals surface area contributed by atoms with E-state index in [-0.39, 0.29) is 25.1 Å². The lowest BCUT2D eigenvalue weighted by Crippen LogP contribution is -2.45. The van der Waals surface area contributed by atoms with Gasteiger partial charge in [-0.15, -0.1) is 12.4 Å². The lowest BCUT2D eigenvalue weighted by atomic mass is 9.94. The molecule has 5 heteroatoms. The van der Waals surface area contributed by atoms with E-state index >= 15 is 0 Å². The number of methoxy groups -OCH3 is 1. The van der Waals surface area contributed by atoms with Gasteiger partial charge in [0, 0.05) is 44.4 Å². The van der Waals surface area contributed by atoms with Crippen LogP contribution in [0.4, 0.5) is 0 Å². The van der Waals surface area contributed by atoms with Crippen LogP contribution in [0.2, 0.25) is 0 Å². The van der Waals surface area contributed by atoms with Crippen molar-refractivity contribution in [2.24, 2.45) is 0 Å². The summed E-state index contributed by atoms with van der Waals surface area (Å²) < 4.78 is 5.57. The van der Waals surface area contributed by atoms with Gasteiger partial charge in [-0.05, 0) is 24.0 Å². The summed E-state index contributed by atoms with van der Waals surface area (Å²) >= 11 is 0. The van der Waals surface area contributed by atoms with Crippen molar-refractivity contribution in [3.05, 3.63) is 29.3 Å². The first kappa shape index (κ1) is 19.2. The maximum Gasteiger partial charge on any atom is 0.123 e. The largest absolute Gasteiger partial charge is 0.496 e. The molecule has 0 spiro atoms. The second kappa shape index (κ2) is 9.36. The fourth-order valence-corrected chi connectivity index (χ4v) is 3.02. The molecule has 0 radical (unpaired) electrons. The van der Waals surface area contributed by atoms with E-state index in [2.05, 4.69) is 42.3 Å². The molecule has 0 aromatic heterocycles. The second-order valence-electron chi connectivity index (χ2n) is 5.97. The molecule has 1 aromatic carbocycles. The van der Waals surface area contributed by atoms with E-state index in [0.717, 1.165) is 38.3 Å². The van der Waals surface area contributed by atoms with Crippen LogP contribution in [0.25, 0.3) is 0 Å². The number of nitrogens with one attached hydrogen (secondary N) is 1. The van der Waals surface area contributed by atoms with Gasteiger partial charge in [0.25, 0.3) is 0 Å². The standard InChI is InChI=1S/C17H28N2O2.ClH/c1-13(2)14-4-5-17(21-3)15(12-14)16(6-11-20)19-9-7-18-8-10-19;/h4-5,12-13,16,18,20H,6-11H2,1-3H3;1H/t16-;/m1./s1. The number of rotatable bonds is 6. The number of benzene rings is 1. The van der Waals surface area contributed by atoms with Gasteiger partial charge in [-0.3, -0.25) is 4.90 Å². The van der Waals surface area contributed by atoms with Crippen molar-refractivity contribution in [2.45, 2.75) is 32.2 Å². The van der Waals surface area contributed by atoms with Crippen molar-refractivity contribution in [3.63, 3.8) is 0 Å². The Balaban J connectivity index is 0.00000242. The van der Waals surface area contributed by atoms with E-state index in [0.29, 0.717) is 5.92 Å². The topological polar surface area (TPSA) is 44.7 Å². The lowest BCUT2D eigenvalue weighted by molar-refractivity contribution is 0.139. The number of halogens is 1. The molecule has 1 saturated heterocycles. The van der Waals surface area contributed by atoms with Crippen molar-refractivity contribution in [1.82, 2.24) is 10.2 Å². The highest BCUT2D eigenvalue weighted by Crippen LogP contribution is 2.34. The Kier molecular flexibility index (Phi) is 8.18. The van der Waals surface area contributed by atoms with Crippen molar-refractivity contribution in [3.8, 4) is 5.75 Å². The number of piperazine rings is 1. The predicted octanol–water partition coefficient (Wildman–Crippen LogP) is 2.57. The monoisotopic (exact) mass is 328 g/mol. The Labute approximate surface area is 140 Å². The van der Waals surface area contributed by atoms with Crippen LogP contribution >= 0.6 is 12.4 Å². The molecule has 0 bridgehead atoms. The summed E-state index contributed by atoms with van der Waals surface area (Å²) in [6, 6.07) is 6.69. The lowest BCUT2D eigenvalue weighted by Gasteiger charge is -2.36. The molecule has 0 aliphatic carbocycles. The first-order chi connectivity index (χ1) is 10.2. The van der Waals surface area contributed by atoms with Gasteiger partial charge in [0.1, 0.15) is 5.75 Å². The molecule has 1 heterocycles. The van der Waals surface area contributed by atoms with Gasteiger partial charge in [0.2, 0.25) is 0 Å². The zero-order chi connectivity index (χ0) is 15.2. The van der Waals surface area contributed by atoms with Gasteiger partial charge >= 0.3 is 0 Å². The van der Waals surface area contributed by atoms with Gasteiger partial charge < -0.3 is 15.2 Å². The fourth-order valence-electron chi connectivity index (χ4n) is 3.02. The van der Waals surface area contributed by atoms with Crippen LogP contribution in [0.15, 0.2) is 18.2 Å². The number of ether oxygens (including phenoxy) is 1. The van der Waals surface area contributed by atoms with Gasteiger partial charge in [0.15, 0.2) is 0 Å². The maximum absolute atomic E-state index is 9.49. The van der Waals surface area contributed by atoms with Crippen molar-refractivity contribution >= 4 is 12.4 Å². The molecule has 2 N–H and O–H groups in total. The van der Waals surface area contributed by atoms with Gasteiger partial charge in [0.05, 0.1) is 7.11 Å². The van der Waals surface area contributed by atoms with Crippen LogP contribution < -0.4 is 10.1 Å². The summed E-state index contributed by atoms with van der Waals surface area (Å²) in [5.41, 5.74) is 2.53. The molecule has 1 atom stereocenters. The summed E-state index contributed by atoms with van der Waals surface area (Å²) in [5.74, 6) is 1.42. The number of aliphatic hydroxyl groups excluding tert-OH is 1. The van der Waals surface area contributed by atoms with Crippen LogP contribution in [-0.4, -0.2) is 49.9 Å². The first-order valence-electron chi connectivity index (χ1n) is 7.90. The predicted molar refractivity (Wildman–Crippen MR) is 93.2 cm³/mol. The molecule has 1 aliphatic heterocycles. The van der Waals surface area contributed by atoms with E-state index in [9.17, 15) is 5.11 Å². The van der Waals surface area contributed by atoms with Crippen LogP contribution in [0.3, 0.4) is 0 Å². The molecular weight excluding hydrogens is 300 g/mol. The van der Waals surface area contributed by atoms with Crippen LogP contribution in [-0.2, 0) is 0 Å². The number of aliphatic hydroxyl groups is 1. The Morgan fingerprint density at radius 1 is 1.27 bits per heavy atom. The Morgan fingerprint density at radius 2 is 1.95 bits per heavy atom. The minimum absolute atomic E-state index is 0. The number of hydrogen-bond acceptors (Lipinski definition) is 4. The summed E-state index contributed by atoms with van der Waals surface area (Å²) in [6.45, 7) is 8.65. The van der Waals surface area contributed by atoms with Gasteiger partial charge in [-0.2, -0.15) is 0 Å². The average Bonchev–Trinajstić information content (AvgIpc) is 2.52. The van der Waals surface area contributed by atoms with Gasteiger partial charge in [-0.25, -0.2) is 0 Å². The minimum Gasteiger partial charge on any atom is -0.496 e. The third kappa shape index (κ3) is 4.59. The maximum atomic E-state index is 9.49. The minimum atomic E-state index is 0. The Hall–Kier alpha value is -0.810. The smallest absolute Gasteiger partial charge is 0.123 e. The molecule has 1 aliphatic rings. The number of nitrogens with zero attached hydrogens (tertiary/aromatic N) is 1. The van der Waals surface area contributed by atoms with E-state index in [1.807, 2.05) is 0 Å². The van der Waals surface area contributed by atoms with E-state index < -0.39 is 0 Å². The summed E-state index contributed by atoms with van der Waals surface area (Å²) in [5, 5.41) is 12.9. The summed E-state index contributed by atoms with van der Waals surface area (Å²) in [7, 11) is 1.72. The average molecular weight is 329 g/mol. The molecule has 1 fully saturated rings. The normalized spacial score (nSPS) is 17.1. The molecule has 0 unspecified atom stereocenters. The molecule has 0 amide bonds. The molecule has 0 saturated carbocycles. The summed E-state index contributed by atoms with van der Waals surface area (Å²) in [4.78, 5) is 2.45. The highest BCUT2D eigenvalue weighted by molar-refractivity contribution is 5.85. The molecular formula is C17H29ClN2O2. The quantitative estimate of drug-likeness (QED) is 0.842. The third-order valence-electron chi connectivity index (χ3n) is 4.27. The van der Waals surface area contributed by atoms with Crippen molar-refractivity contribution in [1.29, 1.82) is 0 Å². The van der Waals surface area contributed by atoms with Crippen molar-refractivity contribution < 1.29 is 9.84 Å². The highest BCUT2D eigenvalue weighted by Gasteiger charge is 2.25. The van der Waals surface area contributed by atoms with Crippen LogP contribution in [0.1, 0.15) is 43.4 Å². The molecule has 2 rings (SSSR count). The summed E-state index contributed by atoms with van der Waals surface area (Å²) in [6.07, 6.45) is 0.748. The second-order valence-corrected chi connectivity index (χ2v) is 5.97. The van der Waals surface area contributed by atoms with Crippen LogP contribution in [0.5, 0.6) is 5.75 Å². The van der Waals surface area contributed by atoms with Gasteiger partial charge in [-0.1, -0.05) is 26.0 Å². The van der Waals surface area contributed by atoms with E-state index in [1.54, 1.807) is 7.11 Å². The van der Waals surface area contributed by atoms with E-state index in [4.69, 9.17) is 4.74 Å². The molecule has 22 heavy (non-hydrogen) atoms. The Morgan fingerprint density at radius 3 is 2.50 bits per heavy atom. The molecule has 4 nitrogen and oxygen atoms in total. The fraction of sp³-hybridized carbons (Fsp3) is 0.647. The Bertz CT molecular complexity index is 448. The van der Waals surface area contributed by atoms with E-state index in [1.165, 1.54) is 11.1 Å². The first-order valence-corrected chi connectivity index (χ1v) is 7.90.